The third-order valence-corrected chi connectivity index (χ3v) is 5.09. The third-order valence-electron chi connectivity index (χ3n) is 5.09. The molecule has 0 radical (unpaired) electrons. The standard InChI is InChI=1S/C22H33N5O2.HI/c1-23-22(24-11-6-12-29-18-19-9-13-28-14-10-19)26(2)16-20-15-25-27(17-20)21-7-4-3-5-8-21;/h3-5,7-8,15,17,19H,6,9-14,16,18H2,1-2H3,(H,23,24);1H. The molecule has 8 heteroatoms. The van der Waals surface area contributed by atoms with Crippen LogP contribution in [0, 0.1) is 5.92 Å². The molecule has 1 fully saturated rings. The van der Waals surface area contributed by atoms with Gasteiger partial charge in [-0.25, -0.2) is 4.68 Å². The van der Waals surface area contributed by atoms with Crippen LogP contribution in [0.4, 0.5) is 0 Å². The van der Waals surface area contributed by atoms with Gasteiger partial charge in [-0.2, -0.15) is 5.10 Å². The average Bonchev–Trinajstić information content (AvgIpc) is 3.23. The van der Waals surface area contributed by atoms with E-state index in [-0.39, 0.29) is 24.0 Å². The fraction of sp³-hybridized carbons (Fsp3) is 0.545. The molecule has 7 nitrogen and oxygen atoms in total. The molecule has 1 saturated heterocycles. The first-order valence-corrected chi connectivity index (χ1v) is 10.4. The van der Waals surface area contributed by atoms with Crippen LogP contribution in [-0.4, -0.2) is 67.7 Å². The zero-order valence-electron chi connectivity index (χ0n) is 18.0. The summed E-state index contributed by atoms with van der Waals surface area (Å²) < 4.78 is 13.1. The van der Waals surface area contributed by atoms with Crippen molar-refractivity contribution in [3.05, 3.63) is 48.3 Å². The normalized spacial score (nSPS) is 14.9. The summed E-state index contributed by atoms with van der Waals surface area (Å²) in [5.41, 5.74) is 2.20. The van der Waals surface area contributed by atoms with Gasteiger partial charge in [0.2, 0.25) is 0 Å². The van der Waals surface area contributed by atoms with Crippen molar-refractivity contribution in [2.75, 3.05) is 47.1 Å². The first kappa shape index (κ1) is 24.6. The average molecular weight is 527 g/mol. The Balaban J connectivity index is 0.00000320. The van der Waals surface area contributed by atoms with E-state index in [0.29, 0.717) is 5.92 Å². The number of benzene rings is 1. The second-order valence-corrected chi connectivity index (χ2v) is 7.44. The molecule has 0 spiro atoms. The van der Waals surface area contributed by atoms with Gasteiger partial charge in [-0.15, -0.1) is 24.0 Å². The van der Waals surface area contributed by atoms with Gasteiger partial charge in [-0.1, -0.05) is 18.2 Å². The van der Waals surface area contributed by atoms with Crippen LogP contribution in [0.15, 0.2) is 47.7 Å². The maximum Gasteiger partial charge on any atom is 0.193 e. The minimum atomic E-state index is 0. The summed E-state index contributed by atoms with van der Waals surface area (Å²) in [5, 5.41) is 7.88. The van der Waals surface area contributed by atoms with Crippen molar-refractivity contribution in [1.82, 2.24) is 20.0 Å². The molecule has 0 amide bonds. The summed E-state index contributed by atoms with van der Waals surface area (Å²) in [6, 6.07) is 10.1. The van der Waals surface area contributed by atoms with E-state index < -0.39 is 0 Å². The molecule has 0 unspecified atom stereocenters. The predicted octanol–water partition coefficient (Wildman–Crippen LogP) is 3.33. The van der Waals surface area contributed by atoms with Gasteiger partial charge in [0, 0.05) is 65.4 Å². The van der Waals surface area contributed by atoms with Gasteiger partial charge in [0.1, 0.15) is 0 Å². The Kier molecular flexibility index (Phi) is 11.2. The quantitative estimate of drug-likeness (QED) is 0.235. The Morgan fingerprint density at radius 2 is 2.07 bits per heavy atom. The smallest absolute Gasteiger partial charge is 0.193 e. The van der Waals surface area contributed by atoms with Crippen LogP contribution in [0.2, 0.25) is 0 Å². The second-order valence-electron chi connectivity index (χ2n) is 7.44. The molecule has 1 N–H and O–H groups in total. The van der Waals surface area contributed by atoms with Gasteiger partial charge in [0.15, 0.2) is 5.96 Å². The number of ether oxygens (including phenoxy) is 2. The van der Waals surface area contributed by atoms with Crippen LogP contribution in [0.5, 0.6) is 0 Å². The highest BCUT2D eigenvalue weighted by Gasteiger charge is 2.13. The topological polar surface area (TPSA) is 63.9 Å². The number of nitrogens with one attached hydrogen (secondary N) is 1. The second kappa shape index (κ2) is 13.6. The van der Waals surface area contributed by atoms with Crippen LogP contribution in [-0.2, 0) is 16.0 Å². The molecule has 0 bridgehead atoms. The van der Waals surface area contributed by atoms with Gasteiger partial charge in [0.25, 0.3) is 0 Å². The highest BCUT2D eigenvalue weighted by atomic mass is 127. The lowest BCUT2D eigenvalue weighted by Crippen LogP contribution is -2.39. The Morgan fingerprint density at radius 1 is 1.30 bits per heavy atom. The van der Waals surface area contributed by atoms with E-state index in [9.17, 15) is 0 Å². The van der Waals surface area contributed by atoms with Gasteiger partial charge >= 0.3 is 0 Å². The highest BCUT2D eigenvalue weighted by molar-refractivity contribution is 14.0. The SMILES string of the molecule is CN=C(NCCCOCC1CCOCC1)N(C)Cc1cnn(-c2ccccc2)c1.I. The number of halogens is 1. The van der Waals surface area contributed by atoms with Crippen LogP contribution in [0.1, 0.15) is 24.8 Å². The number of aromatic nitrogens is 2. The van der Waals surface area contributed by atoms with Crippen LogP contribution in [0.3, 0.4) is 0 Å². The largest absolute Gasteiger partial charge is 0.381 e. The van der Waals surface area contributed by atoms with Crippen molar-refractivity contribution >= 4 is 29.9 Å². The van der Waals surface area contributed by atoms with Crippen LogP contribution >= 0.6 is 24.0 Å². The minimum absolute atomic E-state index is 0. The molecule has 2 heterocycles. The monoisotopic (exact) mass is 527 g/mol. The van der Waals surface area contributed by atoms with Crippen LogP contribution in [0.25, 0.3) is 5.69 Å². The van der Waals surface area contributed by atoms with E-state index in [1.807, 2.05) is 55.3 Å². The molecule has 1 aliphatic rings. The fourth-order valence-electron chi connectivity index (χ4n) is 3.43. The van der Waals surface area contributed by atoms with Gasteiger partial charge in [-0.3, -0.25) is 4.99 Å². The van der Waals surface area contributed by atoms with E-state index in [2.05, 4.69) is 26.5 Å². The van der Waals surface area contributed by atoms with Crippen molar-refractivity contribution < 1.29 is 9.47 Å². The minimum Gasteiger partial charge on any atom is -0.381 e. The molecule has 1 aromatic heterocycles. The molecule has 3 rings (SSSR count). The number of para-hydroxylation sites is 1. The summed E-state index contributed by atoms with van der Waals surface area (Å²) in [7, 11) is 3.85. The van der Waals surface area contributed by atoms with Crippen molar-refractivity contribution in [2.45, 2.75) is 25.8 Å². The number of hydrogen-bond acceptors (Lipinski definition) is 4. The van der Waals surface area contributed by atoms with E-state index >= 15 is 0 Å². The van der Waals surface area contributed by atoms with Crippen molar-refractivity contribution in [1.29, 1.82) is 0 Å². The molecule has 1 aliphatic heterocycles. The van der Waals surface area contributed by atoms with Crippen LogP contribution < -0.4 is 5.32 Å². The zero-order chi connectivity index (χ0) is 20.3. The lowest BCUT2D eigenvalue weighted by molar-refractivity contribution is 0.0203. The Hall–Kier alpha value is -1.65. The van der Waals surface area contributed by atoms with Crippen molar-refractivity contribution in [3.63, 3.8) is 0 Å². The van der Waals surface area contributed by atoms with Gasteiger partial charge in [-0.05, 0) is 37.3 Å². The molecule has 2 aromatic rings. The van der Waals surface area contributed by atoms with E-state index in [1.54, 1.807) is 0 Å². The molecule has 0 saturated carbocycles. The Morgan fingerprint density at radius 3 is 2.80 bits per heavy atom. The van der Waals surface area contributed by atoms with E-state index in [4.69, 9.17) is 9.47 Å². The number of guanidine groups is 1. The maximum atomic E-state index is 5.83. The summed E-state index contributed by atoms with van der Waals surface area (Å²) in [4.78, 5) is 6.50. The number of rotatable bonds is 9. The Labute approximate surface area is 196 Å². The highest BCUT2D eigenvalue weighted by Crippen LogP contribution is 2.14. The number of hydrogen-bond donors (Lipinski definition) is 1. The molecule has 166 valence electrons. The molecule has 1 aromatic carbocycles. The molecular weight excluding hydrogens is 493 g/mol. The van der Waals surface area contributed by atoms with Gasteiger partial charge in [0.05, 0.1) is 11.9 Å². The van der Waals surface area contributed by atoms with Crippen molar-refractivity contribution in [3.8, 4) is 5.69 Å². The molecular formula is C22H34IN5O2. The summed E-state index contributed by atoms with van der Waals surface area (Å²) in [5.74, 6) is 1.54. The van der Waals surface area contributed by atoms with Gasteiger partial charge < -0.3 is 19.7 Å². The molecule has 0 atom stereocenters. The molecule has 0 aliphatic carbocycles. The first-order chi connectivity index (χ1) is 14.3. The third kappa shape index (κ3) is 7.88. The predicted molar refractivity (Wildman–Crippen MR) is 131 cm³/mol. The Bertz CT molecular complexity index is 747. The maximum absolute atomic E-state index is 5.83. The summed E-state index contributed by atoms with van der Waals surface area (Å²) >= 11 is 0. The molecule has 30 heavy (non-hydrogen) atoms. The number of nitrogens with zero attached hydrogens (tertiary/aromatic N) is 4. The summed E-state index contributed by atoms with van der Waals surface area (Å²) in [6.07, 6.45) is 7.17. The van der Waals surface area contributed by atoms with E-state index in [1.165, 1.54) is 0 Å². The number of aliphatic imine (C=N–C) groups is 1. The summed E-state index contributed by atoms with van der Waals surface area (Å²) in [6.45, 7) is 4.96. The van der Waals surface area contributed by atoms with E-state index in [0.717, 1.165) is 76.0 Å². The zero-order valence-corrected chi connectivity index (χ0v) is 20.3. The lowest BCUT2D eigenvalue weighted by atomic mass is 10.0. The first-order valence-electron chi connectivity index (χ1n) is 10.4. The fourth-order valence-corrected chi connectivity index (χ4v) is 3.43. The van der Waals surface area contributed by atoms with Crippen molar-refractivity contribution in [2.24, 2.45) is 10.9 Å². The lowest BCUT2D eigenvalue weighted by Gasteiger charge is -2.22.